The van der Waals surface area contributed by atoms with E-state index in [-0.39, 0.29) is 11.0 Å². The first-order valence-corrected chi connectivity index (χ1v) is 9.43. The van der Waals surface area contributed by atoms with Crippen LogP contribution in [0.2, 0.25) is 10.0 Å². The highest BCUT2D eigenvalue weighted by atomic mass is 35.5. The molecule has 0 aromatic heterocycles. The number of halogens is 2. The number of likely N-dealkylation sites (N-methyl/N-ethyl adjacent to an activating group) is 1. The van der Waals surface area contributed by atoms with Gasteiger partial charge < -0.3 is 10.2 Å². The number of rotatable bonds is 3. The van der Waals surface area contributed by atoms with Crippen LogP contribution in [0, 0.1) is 11.3 Å². The van der Waals surface area contributed by atoms with E-state index >= 15 is 0 Å². The summed E-state index contributed by atoms with van der Waals surface area (Å²) in [5, 5.41) is 12.9. The fourth-order valence-corrected chi connectivity index (χ4v) is 3.75. The van der Waals surface area contributed by atoms with E-state index in [9.17, 15) is 10.1 Å². The third kappa shape index (κ3) is 3.64. The molecule has 0 fully saturated rings. The molecule has 0 saturated carbocycles. The van der Waals surface area contributed by atoms with Gasteiger partial charge in [0.05, 0.1) is 10.7 Å². The number of benzene rings is 2. The summed E-state index contributed by atoms with van der Waals surface area (Å²) < 4.78 is 0. The summed E-state index contributed by atoms with van der Waals surface area (Å²) in [6, 6.07) is 14.9. The summed E-state index contributed by atoms with van der Waals surface area (Å²) in [4.78, 5) is 14.6. The summed E-state index contributed by atoms with van der Waals surface area (Å²) in [5.41, 5.74) is 3.40. The smallest absolute Gasteiger partial charge is 0.266 e. The summed E-state index contributed by atoms with van der Waals surface area (Å²) in [6.07, 6.45) is 3.35. The third-order valence-electron chi connectivity index (χ3n) is 4.89. The number of para-hydroxylation sites is 1. The van der Waals surface area contributed by atoms with Gasteiger partial charge in [-0.15, -0.1) is 0 Å². The zero-order chi connectivity index (χ0) is 20.5. The Bertz CT molecular complexity index is 1050. The van der Waals surface area contributed by atoms with Gasteiger partial charge in [-0.2, -0.15) is 5.26 Å². The predicted octanol–water partition coefficient (Wildman–Crippen LogP) is 5.69. The second-order valence-corrected chi connectivity index (χ2v) is 7.87. The van der Waals surface area contributed by atoms with Crippen molar-refractivity contribution in [2.24, 2.45) is 0 Å². The molecule has 0 bridgehead atoms. The van der Waals surface area contributed by atoms with Crippen LogP contribution in [-0.2, 0) is 10.2 Å². The van der Waals surface area contributed by atoms with Crippen molar-refractivity contribution in [3.05, 3.63) is 81.5 Å². The fourth-order valence-electron chi connectivity index (χ4n) is 3.41. The molecule has 0 unspecified atom stereocenters. The second kappa shape index (κ2) is 7.71. The molecular weight excluding hydrogens is 393 g/mol. The Kier molecular flexibility index (Phi) is 5.51. The van der Waals surface area contributed by atoms with E-state index in [1.165, 1.54) is 11.6 Å². The SMILES string of the molecule is CN1/C(=C\C=C(/C#N)C(=O)Nc2cc(Cl)ccc2Cl)C(C)(C)c2ccccc21. The number of nitrogens with one attached hydrogen (secondary N) is 1. The van der Waals surface area contributed by atoms with Crippen molar-refractivity contribution in [2.75, 3.05) is 17.3 Å². The lowest BCUT2D eigenvalue weighted by Gasteiger charge is -2.23. The minimum Gasteiger partial charge on any atom is -0.347 e. The molecule has 0 atom stereocenters. The van der Waals surface area contributed by atoms with Crippen LogP contribution in [0.25, 0.3) is 0 Å². The summed E-state index contributed by atoms with van der Waals surface area (Å²) in [5.74, 6) is -0.542. The van der Waals surface area contributed by atoms with Crippen LogP contribution < -0.4 is 10.2 Å². The quantitative estimate of drug-likeness (QED) is 0.520. The Morgan fingerprint density at radius 2 is 1.93 bits per heavy atom. The molecule has 0 radical (unpaired) electrons. The lowest BCUT2D eigenvalue weighted by Crippen LogP contribution is -2.22. The molecule has 3 rings (SSSR count). The van der Waals surface area contributed by atoms with Crippen molar-refractivity contribution in [1.29, 1.82) is 5.26 Å². The molecule has 142 valence electrons. The lowest BCUT2D eigenvalue weighted by molar-refractivity contribution is -0.112. The van der Waals surface area contributed by atoms with Crippen molar-refractivity contribution in [1.82, 2.24) is 0 Å². The van der Waals surface area contributed by atoms with Gasteiger partial charge in [0.15, 0.2) is 0 Å². The number of anilines is 2. The number of hydrogen-bond acceptors (Lipinski definition) is 3. The first kappa shape index (κ1) is 20.0. The molecule has 1 aliphatic heterocycles. The van der Waals surface area contributed by atoms with Gasteiger partial charge in [0.2, 0.25) is 0 Å². The third-order valence-corrected chi connectivity index (χ3v) is 5.45. The molecule has 2 aromatic rings. The molecule has 28 heavy (non-hydrogen) atoms. The van der Waals surface area contributed by atoms with E-state index in [1.807, 2.05) is 31.3 Å². The maximum atomic E-state index is 12.5. The Morgan fingerprint density at radius 1 is 1.21 bits per heavy atom. The van der Waals surface area contributed by atoms with Gasteiger partial charge in [-0.3, -0.25) is 4.79 Å². The average Bonchev–Trinajstić information content (AvgIpc) is 2.86. The van der Waals surface area contributed by atoms with Crippen LogP contribution in [0.5, 0.6) is 0 Å². The molecule has 1 N–H and O–H groups in total. The normalized spacial score (nSPS) is 16.6. The molecular formula is C22H19Cl2N3O. The van der Waals surface area contributed by atoms with Crippen molar-refractivity contribution in [3.63, 3.8) is 0 Å². The van der Waals surface area contributed by atoms with Gasteiger partial charge in [0, 0.05) is 28.9 Å². The van der Waals surface area contributed by atoms with Gasteiger partial charge in [-0.25, -0.2) is 0 Å². The van der Waals surface area contributed by atoms with E-state index in [4.69, 9.17) is 23.2 Å². The van der Waals surface area contributed by atoms with Crippen molar-refractivity contribution < 1.29 is 4.79 Å². The maximum Gasteiger partial charge on any atom is 0.266 e. The van der Waals surface area contributed by atoms with Crippen LogP contribution in [-0.4, -0.2) is 13.0 Å². The summed E-state index contributed by atoms with van der Waals surface area (Å²) in [6.45, 7) is 4.24. The monoisotopic (exact) mass is 411 g/mol. The first-order valence-electron chi connectivity index (χ1n) is 8.68. The lowest BCUT2D eigenvalue weighted by atomic mass is 9.83. The number of carbonyl (C=O) groups is 1. The Morgan fingerprint density at radius 3 is 2.61 bits per heavy atom. The highest BCUT2D eigenvalue weighted by Crippen LogP contribution is 2.46. The summed E-state index contributed by atoms with van der Waals surface area (Å²) >= 11 is 12.0. The predicted molar refractivity (Wildman–Crippen MR) is 115 cm³/mol. The number of hydrogen-bond donors (Lipinski definition) is 1. The largest absolute Gasteiger partial charge is 0.347 e. The number of nitrogens with zero attached hydrogens (tertiary/aromatic N) is 2. The standard InChI is InChI=1S/C22H19Cl2N3O/c1-22(2)16-6-4-5-7-19(16)27(3)20(22)11-8-14(13-25)21(28)26-18-12-15(23)9-10-17(18)24/h4-12H,1-3H3,(H,26,28)/b14-8+,20-11-. The van der Waals surface area contributed by atoms with Gasteiger partial charge in [0.1, 0.15) is 11.6 Å². The van der Waals surface area contributed by atoms with E-state index in [1.54, 1.807) is 18.2 Å². The minimum absolute atomic E-state index is 0.0244. The molecule has 1 heterocycles. The van der Waals surface area contributed by atoms with Gasteiger partial charge in [0.25, 0.3) is 5.91 Å². The number of nitriles is 1. The molecule has 1 amide bonds. The summed E-state index contributed by atoms with van der Waals surface area (Å²) in [7, 11) is 1.98. The van der Waals surface area contributed by atoms with Crippen LogP contribution in [0.4, 0.5) is 11.4 Å². The van der Waals surface area contributed by atoms with Gasteiger partial charge in [-0.1, -0.05) is 55.2 Å². The highest BCUT2D eigenvalue weighted by Gasteiger charge is 2.37. The van der Waals surface area contributed by atoms with Crippen molar-refractivity contribution in [2.45, 2.75) is 19.3 Å². The average molecular weight is 412 g/mol. The Hall–Kier alpha value is -2.74. The molecule has 2 aromatic carbocycles. The van der Waals surface area contributed by atoms with Crippen LogP contribution >= 0.6 is 23.2 Å². The van der Waals surface area contributed by atoms with Crippen LogP contribution in [0.3, 0.4) is 0 Å². The molecule has 6 heteroatoms. The Labute approximate surface area is 174 Å². The number of carbonyl (C=O) groups excluding carboxylic acids is 1. The maximum absolute atomic E-state index is 12.5. The van der Waals surface area contributed by atoms with E-state index in [0.29, 0.717) is 15.7 Å². The molecule has 4 nitrogen and oxygen atoms in total. The number of fused-ring (bicyclic) bond motifs is 1. The zero-order valence-corrected chi connectivity index (χ0v) is 17.3. The topological polar surface area (TPSA) is 56.1 Å². The number of amides is 1. The van der Waals surface area contributed by atoms with Crippen LogP contribution in [0.1, 0.15) is 19.4 Å². The van der Waals surface area contributed by atoms with E-state index in [2.05, 4.69) is 36.2 Å². The van der Waals surface area contributed by atoms with Gasteiger partial charge >= 0.3 is 0 Å². The fraction of sp³-hybridized carbons (Fsp3) is 0.182. The molecule has 1 aliphatic rings. The second-order valence-electron chi connectivity index (χ2n) is 7.02. The van der Waals surface area contributed by atoms with Crippen LogP contribution in [0.15, 0.2) is 65.9 Å². The van der Waals surface area contributed by atoms with Crippen molar-refractivity contribution >= 4 is 40.5 Å². The Balaban J connectivity index is 1.90. The van der Waals surface area contributed by atoms with Gasteiger partial charge in [-0.05, 0) is 42.0 Å². The first-order chi connectivity index (χ1) is 13.3. The highest BCUT2D eigenvalue weighted by molar-refractivity contribution is 6.36. The number of allylic oxidation sites excluding steroid dienone is 3. The zero-order valence-electron chi connectivity index (χ0n) is 15.8. The molecule has 0 aliphatic carbocycles. The van der Waals surface area contributed by atoms with E-state index < -0.39 is 5.91 Å². The molecule has 0 saturated heterocycles. The van der Waals surface area contributed by atoms with E-state index in [0.717, 1.165) is 11.4 Å². The minimum atomic E-state index is -0.542. The van der Waals surface area contributed by atoms with Crippen molar-refractivity contribution in [3.8, 4) is 6.07 Å². The molecule has 0 spiro atoms.